The van der Waals surface area contributed by atoms with Crippen LogP contribution in [0.25, 0.3) is 0 Å². The van der Waals surface area contributed by atoms with E-state index in [0.29, 0.717) is 13.2 Å². The summed E-state index contributed by atoms with van der Waals surface area (Å²) in [5.74, 6) is -0.282. The van der Waals surface area contributed by atoms with E-state index in [4.69, 9.17) is 9.47 Å². The smallest absolute Gasteiger partial charge is 0.377 e. The Morgan fingerprint density at radius 3 is 3.21 bits per heavy atom. The molecule has 1 saturated heterocycles. The van der Waals surface area contributed by atoms with Crippen LogP contribution in [-0.2, 0) is 9.47 Å². The first kappa shape index (κ1) is 9.01. The second kappa shape index (κ2) is 3.67. The maximum atomic E-state index is 10.9. The molecule has 0 saturated carbocycles. The monoisotopic (exact) mass is 199 g/mol. The zero-order valence-electron chi connectivity index (χ0n) is 7.56. The van der Waals surface area contributed by atoms with Crippen LogP contribution >= 0.6 is 0 Å². The van der Waals surface area contributed by atoms with Crippen molar-refractivity contribution in [3.05, 3.63) is 11.8 Å². The lowest BCUT2D eigenvalue weighted by molar-refractivity contribution is 0.0554. The molecule has 1 aliphatic heterocycles. The molecule has 1 aromatic rings. The molecule has 0 amide bonds. The Morgan fingerprint density at radius 1 is 1.79 bits per heavy atom. The highest BCUT2D eigenvalue weighted by Gasteiger charge is 2.24. The molecular formula is C8H9NO5. The molecule has 1 atom stereocenters. The lowest BCUT2D eigenvalue weighted by Crippen LogP contribution is -2.04. The SMILES string of the molecule is COC(=O)c1cc(OCC2CO2)no1. The molecule has 1 aliphatic rings. The van der Waals surface area contributed by atoms with Crippen molar-refractivity contribution in [3.8, 4) is 5.88 Å². The van der Waals surface area contributed by atoms with E-state index in [-0.39, 0.29) is 17.7 Å². The summed E-state index contributed by atoms with van der Waals surface area (Å²) in [7, 11) is 1.27. The summed E-state index contributed by atoms with van der Waals surface area (Å²) in [5.41, 5.74) is 0. The maximum Gasteiger partial charge on any atom is 0.377 e. The number of hydrogen-bond acceptors (Lipinski definition) is 6. The van der Waals surface area contributed by atoms with Crippen LogP contribution in [0.2, 0.25) is 0 Å². The zero-order valence-corrected chi connectivity index (χ0v) is 7.56. The van der Waals surface area contributed by atoms with Gasteiger partial charge in [0, 0.05) is 0 Å². The van der Waals surface area contributed by atoms with Crippen molar-refractivity contribution in [3.63, 3.8) is 0 Å². The zero-order chi connectivity index (χ0) is 9.97. The van der Waals surface area contributed by atoms with Crippen molar-refractivity contribution in [2.24, 2.45) is 0 Å². The third-order valence-corrected chi connectivity index (χ3v) is 1.69. The van der Waals surface area contributed by atoms with Gasteiger partial charge in [0.25, 0.3) is 5.88 Å². The van der Waals surface area contributed by atoms with Crippen molar-refractivity contribution in [1.29, 1.82) is 0 Å². The van der Waals surface area contributed by atoms with Crippen molar-refractivity contribution < 1.29 is 23.5 Å². The largest absolute Gasteiger partial charge is 0.473 e. The number of epoxide rings is 1. The number of carbonyl (C=O) groups is 1. The predicted octanol–water partition coefficient (Wildman–Crippen LogP) is 0.239. The van der Waals surface area contributed by atoms with Gasteiger partial charge in [-0.15, -0.1) is 0 Å². The highest BCUT2D eigenvalue weighted by Crippen LogP contribution is 2.15. The second-order valence-electron chi connectivity index (χ2n) is 2.79. The molecule has 0 N–H and O–H groups in total. The van der Waals surface area contributed by atoms with Gasteiger partial charge in [-0.3, -0.25) is 0 Å². The summed E-state index contributed by atoms with van der Waals surface area (Å²) in [4.78, 5) is 10.9. The van der Waals surface area contributed by atoms with E-state index < -0.39 is 5.97 Å². The third-order valence-electron chi connectivity index (χ3n) is 1.69. The number of esters is 1. The van der Waals surface area contributed by atoms with Gasteiger partial charge in [0.15, 0.2) is 0 Å². The minimum Gasteiger partial charge on any atom is -0.473 e. The number of carbonyl (C=O) groups excluding carboxylic acids is 1. The molecule has 1 fully saturated rings. The summed E-state index contributed by atoms with van der Waals surface area (Å²) >= 11 is 0. The topological polar surface area (TPSA) is 74.1 Å². The van der Waals surface area contributed by atoms with Crippen molar-refractivity contribution in [1.82, 2.24) is 5.16 Å². The van der Waals surface area contributed by atoms with Crippen LogP contribution in [0, 0.1) is 0 Å². The Hall–Kier alpha value is -1.56. The Labute approximate surface area is 79.7 Å². The number of rotatable bonds is 4. The Bertz CT molecular complexity index is 330. The molecule has 2 rings (SSSR count). The third kappa shape index (κ3) is 2.02. The van der Waals surface area contributed by atoms with Crippen LogP contribution in [-0.4, -0.2) is 37.6 Å². The quantitative estimate of drug-likeness (QED) is 0.510. The molecular weight excluding hydrogens is 190 g/mol. The van der Waals surface area contributed by atoms with Crippen LogP contribution in [0.5, 0.6) is 5.88 Å². The lowest BCUT2D eigenvalue weighted by atomic mass is 10.4. The molecule has 2 heterocycles. The van der Waals surface area contributed by atoms with Crippen molar-refractivity contribution in [2.45, 2.75) is 6.10 Å². The van der Waals surface area contributed by atoms with Gasteiger partial charge in [0.1, 0.15) is 12.7 Å². The van der Waals surface area contributed by atoms with E-state index in [0.717, 1.165) is 0 Å². The summed E-state index contributed by atoms with van der Waals surface area (Å²) in [5, 5.41) is 3.53. The first-order chi connectivity index (χ1) is 6.79. The van der Waals surface area contributed by atoms with Crippen LogP contribution in [0.4, 0.5) is 0 Å². The van der Waals surface area contributed by atoms with Gasteiger partial charge < -0.3 is 18.7 Å². The summed E-state index contributed by atoms with van der Waals surface area (Å²) < 4.78 is 19.2. The highest BCUT2D eigenvalue weighted by atomic mass is 16.6. The van der Waals surface area contributed by atoms with Crippen LogP contribution in [0.1, 0.15) is 10.6 Å². The van der Waals surface area contributed by atoms with Crippen LogP contribution in [0.3, 0.4) is 0 Å². The second-order valence-corrected chi connectivity index (χ2v) is 2.79. The molecule has 6 heteroatoms. The van der Waals surface area contributed by atoms with E-state index in [1.54, 1.807) is 0 Å². The van der Waals surface area contributed by atoms with Gasteiger partial charge in [-0.2, -0.15) is 0 Å². The molecule has 0 spiro atoms. The maximum absolute atomic E-state index is 10.9. The standard InChI is InChI=1S/C8H9NO5/c1-11-8(10)6-2-7(9-14-6)13-4-5-3-12-5/h2,5H,3-4H2,1H3. The molecule has 14 heavy (non-hydrogen) atoms. The van der Waals surface area contributed by atoms with Gasteiger partial charge in [0.2, 0.25) is 5.76 Å². The Balaban J connectivity index is 1.91. The number of hydrogen-bond donors (Lipinski definition) is 0. The molecule has 0 bridgehead atoms. The fraction of sp³-hybridized carbons (Fsp3) is 0.500. The highest BCUT2D eigenvalue weighted by molar-refractivity contribution is 5.86. The van der Waals surface area contributed by atoms with Crippen molar-refractivity contribution in [2.75, 3.05) is 20.3 Å². The number of methoxy groups -OCH3 is 1. The van der Waals surface area contributed by atoms with E-state index in [2.05, 4.69) is 14.4 Å². The number of aromatic nitrogens is 1. The van der Waals surface area contributed by atoms with Gasteiger partial charge in [-0.25, -0.2) is 4.79 Å². The van der Waals surface area contributed by atoms with E-state index >= 15 is 0 Å². The fourth-order valence-electron chi connectivity index (χ4n) is 0.866. The first-order valence-electron chi connectivity index (χ1n) is 4.09. The normalized spacial score (nSPS) is 19.1. The minimum atomic E-state index is -0.574. The van der Waals surface area contributed by atoms with Crippen LogP contribution < -0.4 is 4.74 Å². The average molecular weight is 199 g/mol. The predicted molar refractivity (Wildman–Crippen MR) is 43.1 cm³/mol. The van der Waals surface area contributed by atoms with Crippen molar-refractivity contribution >= 4 is 5.97 Å². The van der Waals surface area contributed by atoms with Gasteiger partial charge in [0.05, 0.1) is 19.8 Å². The fourth-order valence-corrected chi connectivity index (χ4v) is 0.866. The molecule has 0 aliphatic carbocycles. The molecule has 1 unspecified atom stereocenters. The molecule has 1 aromatic heterocycles. The summed E-state index contributed by atoms with van der Waals surface area (Å²) in [6.45, 7) is 1.13. The van der Waals surface area contributed by atoms with E-state index in [1.807, 2.05) is 0 Å². The van der Waals surface area contributed by atoms with Gasteiger partial charge >= 0.3 is 5.97 Å². The van der Waals surface area contributed by atoms with Gasteiger partial charge in [-0.05, 0) is 5.16 Å². The number of nitrogens with zero attached hydrogens (tertiary/aromatic N) is 1. The summed E-state index contributed by atoms with van der Waals surface area (Å²) in [6.07, 6.45) is 0.147. The minimum absolute atomic E-state index is 0.0271. The van der Waals surface area contributed by atoms with E-state index in [1.165, 1.54) is 13.2 Å². The Kier molecular flexibility index (Phi) is 2.36. The lowest BCUT2D eigenvalue weighted by Gasteiger charge is -1.95. The molecule has 0 aromatic carbocycles. The first-order valence-corrected chi connectivity index (χ1v) is 4.09. The summed E-state index contributed by atoms with van der Waals surface area (Å²) in [6, 6.07) is 1.38. The molecule has 76 valence electrons. The Morgan fingerprint density at radius 2 is 2.57 bits per heavy atom. The average Bonchev–Trinajstić information content (AvgIpc) is 2.92. The molecule has 0 radical (unpaired) electrons. The van der Waals surface area contributed by atoms with Crippen LogP contribution in [0.15, 0.2) is 10.6 Å². The van der Waals surface area contributed by atoms with E-state index in [9.17, 15) is 4.79 Å². The molecule has 6 nitrogen and oxygen atoms in total. The number of ether oxygens (including phenoxy) is 3. The van der Waals surface area contributed by atoms with Gasteiger partial charge in [-0.1, -0.05) is 0 Å².